The molecule has 2 rings (SSSR count). The molecular formula is C20H31NO2S. The molecule has 1 saturated heterocycles. The van der Waals surface area contributed by atoms with Crippen LogP contribution in [0.15, 0.2) is 35.2 Å². The number of hydrogen-bond acceptors (Lipinski definition) is 2. The van der Waals surface area contributed by atoms with Crippen LogP contribution in [0, 0.1) is 0 Å². The molecule has 1 aliphatic rings. The fourth-order valence-electron chi connectivity index (χ4n) is 3.46. The van der Waals surface area contributed by atoms with Crippen LogP contribution in [0.1, 0.15) is 64.7 Å². The topological polar surface area (TPSA) is 37.4 Å². The largest absolute Gasteiger partial charge is 0.340 e. The number of amides is 1. The van der Waals surface area contributed by atoms with Crippen molar-refractivity contribution in [1.82, 2.24) is 4.90 Å². The second-order valence-corrected chi connectivity index (χ2v) is 8.27. The molecule has 2 atom stereocenters. The molecule has 1 amide bonds. The Morgan fingerprint density at radius 2 is 1.92 bits per heavy atom. The average Bonchev–Trinajstić information content (AvgIpc) is 2.61. The number of carbonyl (C=O) groups excluding carboxylic acids is 1. The molecule has 3 nitrogen and oxygen atoms in total. The zero-order valence-corrected chi connectivity index (χ0v) is 15.7. The number of likely N-dealkylation sites (tertiary alicyclic amines) is 1. The van der Waals surface area contributed by atoms with Gasteiger partial charge in [-0.05, 0) is 37.8 Å². The normalized spacial score (nSPS) is 19.5. The number of piperidine rings is 1. The van der Waals surface area contributed by atoms with E-state index in [2.05, 4.69) is 11.8 Å². The minimum Gasteiger partial charge on any atom is -0.340 e. The van der Waals surface area contributed by atoms with Gasteiger partial charge in [0.05, 0.1) is 10.8 Å². The fourth-order valence-corrected chi connectivity index (χ4v) is 4.55. The summed E-state index contributed by atoms with van der Waals surface area (Å²) in [6.07, 6.45) is 9.84. The zero-order chi connectivity index (χ0) is 17.2. The van der Waals surface area contributed by atoms with Gasteiger partial charge < -0.3 is 4.90 Å². The molecule has 2 unspecified atom stereocenters. The van der Waals surface area contributed by atoms with Crippen molar-refractivity contribution < 1.29 is 9.00 Å². The van der Waals surface area contributed by atoms with Gasteiger partial charge in [0.2, 0.25) is 5.91 Å². The van der Waals surface area contributed by atoms with Crippen LogP contribution in [-0.4, -0.2) is 33.4 Å². The molecule has 0 radical (unpaired) electrons. The van der Waals surface area contributed by atoms with Crippen LogP contribution in [0.5, 0.6) is 0 Å². The summed E-state index contributed by atoms with van der Waals surface area (Å²) in [6.45, 7) is 2.99. The summed E-state index contributed by atoms with van der Waals surface area (Å²) in [5.74, 6) is 0.934. The highest BCUT2D eigenvalue weighted by atomic mass is 32.2. The monoisotopic (exact) mass is 349 g/mol. The van der Waals surface area contributed by atoms with E-state index in [9.17, 15) is 9.00 Å². The zero-order valence-electron chi connectivity index (χ0n) is 14.9. The van der Waals surface area contributed by atoms with Gasteiger partial charge in [-0.1, -0.05) is 50.8 Å². The highest BCUT2D eigenvalue weighted by Crippen LogP contribution is 2.23. The van der Waals surface area contributed by atoms with E-state index in [-0.39, 0.29) is 0 Å². The summed E-state index contributed by atoms with van der Waals surface area (Å²) in [4.78, 5) is 15.3. The lowest BCUT2D eigenvalue weighted by Crippen LogP contribution is -2.44. The summed E-state index contributed by atoms with van der Waals surface area (Å²) < 4.78 is 12.3. The summed E-state index contributed by atoms with van der Waals surface area (Å²) in [7, 11) is -0.956. The predicted octanol–water partition coefficient (Wildman–Crippen LogP) is 4.54. The Morgan fingerprint density at radius 3 is 2.67 bits per heavy atom. The van der Waals surface area contributed by atoms with Gasteiger partial charge in [0, 0.05) is 29.7 Å². The molecule has 0 saturated carbocycles. The molecule has 0 bridgehead atoms. The van der Waals surface area contributed by atoms with Gasteiger partial charge in [0.25, 0.3) is 0 Å². The van der Waals surface area contributed by atoms with Crippen molar-refractivity contribution in [2.45, 2.75) is 75.6 Å². The lowest BCUT2D eigenvalue weighted by molar-refractivity contribution is -0.136. The molecule has 0 aromatic heterocycles. The van der Waals surface area contributed by atoms with Crippen LogP contribution in [-0.2, 0) is 15.6 Å². The van der Waals surface area contributed by atoms with E-state index >= 15 is 0 Å². The van der Waals surface area contributed by atoms with E-state index in [1.165, 1.54) is 25.7 Å². The third kappa shape index (κ3) is 6.04. The highest BCUT2D eigenvalue weighted by Gasteiger charge is 2.27. The first kappa shape index (κ1) is 19.2. The third-order valence-electron chi connectivity index (χ3n) is 4.81. The van der Waals surface area contributed by atoms with Crippen molar-refractivity contribution in [2.24, 2.45) is 0 Å². The van der Waals surface area contributed by atoms with Crippen molar-refractivity contribution >= 4 is 16.7 Å². The maximum absolute atomic E-state index is 12.3. The van der Waals surface area contributed by atoms with Crippen LogP contribution in [0.4, 0.5) is 0 Å². The lowest BCUT2D eigenvalue weighted by atomic mass is 9.96. The van der Waals surface area contributed by atoms with Crippen molar-refractivity contribution in [3.63, 3.8) is 0 Å². The predicted molar refractivity (Wildman–Crippen MR) is 100 cm³/mol. The Bertz CT molecular complexity index is 518. The highest BCUT2D eigenvalue weighted by molar-refractivity contribution is 7.85. The average molecular weight is 350 g/mol. The van der Waals surface area contributed by atoms with E-state index in [4.69, 9.17) is 0 Å². The molecule has 0 spiro atoms. The van der Waals surface area contributed by atoms with Crippen molar-refractivity contribution in [3.8, 4) is 0 Å². The first-order valence-corrected chi connectivity index (χ1v) is 10.8. The summed E-state index contributed by atoms with van der Waals surface area (Å²) in [5, 5.41) is 0. The van der Waals surface area contributed by atoms with E-state index in [1.54, 1.807) is 0 Å². The Hall–Kier alpha value is -1.16. The second kappa shape index (κ2) is 10.7. The molecule has 24 heavy (non-hydrogen) atoms. The van der Waals surface area contributed by atoms with Gasteiger partial charge >= 0.3 is 0 Å². The van der Waals surface area contributed by atoms with Crippen LogP contribution in [0.3, 0.4) is 0 Å². The Kier molecular flexibility index (Phi) is 8.51. The minimum atomic E-state index is -0.956. The van der Waals surface area contributed by atoms with Crippen LogP contribution in [0.2, 0.25) is 0 Å². The molecule has 0 aliphatic carbocycles. The minimum absolute atomic E-state index is 0.298. The molecular weight excluding hydrogens is 318 g/mol. The number of rotatable bonds is 10. The van der Waals surface area contributed by atoms with Crippen LogP contribution >= 0.6 is 0 Å². The first-order chi connectivity index (χ1) is 11.7. The molecule has 1 aliphatic heterocycles. The third-order valence-corrected chi connectivity index (χ3v) is 6.27. The van der Waals surface area contributed by atoms with E-state index in [0.717, 1.165) is 37.1 Å². The maximum Gasteiger partial charge on any atom is 0.222 e. The molecule has 1 fully saturated rings. The quantitative estimate of drug-likeness (QED) is 0.582. The Balaban J connectivity index is 1.78. The second-order valence-electron chi connectivity index (χ2n) is 6.70. The van der Waals surface area contributed by atoms with Gasteiger partial charge in [0.15, 0.2) is 0 Å². The molecule has 1 heterocycles. The molecule has 4 heteroatoms. The number of benzene rings is 1. The van der Waals surface area contributed by atoms with Gasteiger partial charge in [-0.25, -0.2) is 0 Å². The van der Waals surface area contributed by atoms with Crippen LogP contribution in [0.25, 0.3) is 0 Å². The van der Waals surface area contributed by atoms with E-state index < -0.39 is 10.8 Å². The van der Waals surface area contributed by atoms with Crippen molar-refractivity contribution in [1.29, 1.82) is 0 Å². The van der Waals surface area contributed by atoms with Gasteiger partial charge in [-0.15, -0.1) is 0 Å². The SMILES string of the molecule is CCCCCCC1CCCC(=O)N1CCCS(=O)c1ccccc1. The molecule has 0 N–H and O–H groups in total. The Morgan fingerprint density at radius 1 is 1.12 bits per heavy atom. The van der Waals surface area contributed by atoms with Gasteiger partial charge in [-0.3, -0.25) is 9.00 Å². The molecule has 1 aromatic carbocycles. The van der Waals surface area contributed by atoms with Gasteiger partial charge in [0.1, 0.15) is 0 Å². The number of unbranched alkanes of at least 4 members (excludes halogenated alkanes) is 3. The Labute approximate surface area is 149 Å². The van der Waals surface area contributed by atoms with Gasteiger partial charge in [-0.2, -0.15) is 0 Å². The smallest absolute Gasteiger partial charge is 0.222 e. The van der Waals surface area contributed by atoms with Crippen LogP contribution < -0.4 is 0 Å². The number of hydrogen-bond donors (Lipinski definition) is 0. The molecule has 134 valence electrons. The standard InChI is InChI=1S/C20H31NO2S/c1-2-3-4-6-11-18-12-9-15-20(22)21(18)16-10-17-24(23)19-13-7-5-8-14-19/h5,7-8,13-14,18H,2-4,6,9-12,15-17H2,1H3. The molecule has 1 aromatic rings. The van der Waals surface area contributed by atoms with E-state index in [0.29, 0.717) is 24.1 Å². The van der Waals surface area contributed by atoms with Crippen molar-refractivity contribution in [2.75, 3.05) is 12.3 Å². The number of carbonyl (C=O) groups is 1. The van der Waals surface area contributed by atoms with Crippen molar-refractivity contribution in [3.05, 3.63) is 30.3 Å². The summed E-state index contributed by atoms with van der Waals surface area (Å²) in [6, 6.07) is 10.0. The number of nitrogens with zero attached hydrogens (tertiary/aromatic N) is 1. The van der Waals surface area contributed by atoms with E-state index in [1.807, 2.05) is 30.3 Å². The lowest BCUT2D eigenvalue weighted by Gasteiger charge is -2.36. The summed E-state index contributed by atoms with van der Waals surface area (Å²) in [5.41, 5.74) is 0. The fraction of sp³-hybridized carbons (Fsp3) is 0.650. The first-order valence-electron chi connectivity index (χ1n) is 9.45. The maximum atomic E-state index is 12.3. The summed E-state index contributed by atoms with van der Waals surface area (Å²) >= 11 is 0.